The highest BCUT2D eigenvalue weighted by atomic mass is 127. The summed E-state index contributed by atoms with van der Waals surface area (Å²) in [6.07, 6.45) is -1.48. The second-order valence-electron chi connectivity index (χ2n) is 8.36. The molecule has 0 aromatic rings. The molecule has 9 heteroatoms. The van der Waals surface area contributed by atoms with Crippen LogP contribution < -0.4 is 10.6 Å². The van der Waals surface area contributed by atoms with Gasteiger partial charge in [0.25, 0.3) is 0 Å². The molecule has 1 aliphatic heterocycles. The van der Waals surface area contributed by atoms with E-state index in [2.05, 4.69) is 36.4 Å². The van der Waals surface area contributed by atoms with Crippen LogP contribution in [0.3, 0.4) is 0 Å². The minimum Gasteiger partial charge on any atom is -0.379 e. The number of hydrogen-bond donors (Lipinski definition) is 2. The summed E-state index contributed by atoms with van der Waals surface area (Å²) < 4.78 is 42.9. The summed E-state index contributed by atoms with van der Waals surface area (Å²) in [5, 5.41) is 6.57. The Morgan fingerprint density at radius 1 is 1.18 bits per heavy atom. The van der Waals surface area contributed by atoms with E-state index in [9.17, 15) is 13.2 Å². The van der Waals surface area contributed by atoms with Crippen molar-refractivity contribution in [3.8, 4) is 0 Å². The molecule has 0 aromatic heterocycles. The zero-order valence-corrected chi connectivity index (χ0v) is 20.2. The lowest BCUT2D eigenvalue weighted by Gasteiger charge is -2.32. The molecule has 0 aromatic carbocycles. The highest BCUT2D eigenvalue weighted by Gasteiger charge is 2.32. The average Bonchev–Trinajstić information content (AvgIpc) is 2.54. The Balaban J connectivity index is 0.00000729. The van der Waals surface area contributed by atoms with Crippen molar-refractivity contribution in [2.24, 2.45) is 16.3 Å². The fourth-order valence-corrected chi connectivity index (χ4v) is 3.30. The van der Waals surface area contributed by atoms with Gasteiger partial charge in [0.15, 0.2) is 5.96 Å². The van der Waals surface area contributed by atoms with Crippen LogP contribution in [0.1, 0.15) is 47.0 Å². The zero-order chi connectivity index (χ0) is 20.5. The molecule has 2 N–H and O–H groups in total. The molecule has 168 valence electrons. The van der Waals surface area contributed by atoms with Gasteiger partial charge in [-0.15, -0.1) is 24.0 Å². The number of guanidine groups is 1. The molecule has 1 saturated heterocycles. The molecule has 1 aliphatic rings. The van der Waals surface area contributed by atoms with Gasteiger partial charge < -0.3 is 15.4 Å². The molecule has 0 aliphatic carbocycles. The van der Waals surface area contributed by atoms with Gasteiger partial charge in [0.05, 0.1) is 19.2 Å². The Kier molecular flexibility index (Phi) is 13.0. The molecule has 1 unspecified atom stereocenters. The first kappa shape index (κ1) is 27.7. The van der Waals surface area contributed by atoms with Crippen molar-refractivity contribution >= 4 is 29.9 Å². The maximum Gasteiger partial charge on any atom is 0.401 e. The van der Waals surface area contributed by atoms with E-state index in [4.69, 9.17) is 4.74 Å². The molecule has 0 spiro atoms. The molecular weight excluding hydrogens is 484 g/mol. The van der Waals surface area contributed by atoms with Gasteiger partial charge in [-0.1, -0.05) is 20.8 Å². The molecule has 1 heterocycles. The topological polar surface area (TPSA) is 48.9 Å². The number of ether oxygens (including phenoxy) is 1. The van der Waals surface area contributed by atoms with E-state index < -0.39 is 12.7 Å². The predicted molar refractivity (Wildman–Crippen MR) is 119 cm³/mol. The van der Waals surface area contributed by atoms with Gasteiger partial charge in [-0.2, -0.15) is 13.2 Å². The van der Waals surface area contributed by atoms with Crippen molar-refractivity contribution in [2.75, 3.05) is 46.4 Å². The summed E-state index contributed by atoms with van der Waals surface area (Å²) in [7, 11) is 1.71. The first-order valence-corrected chi connectivity index (χ1v) is 9.89. The number of piperidine rings is 1. The molecule has 0 saturated carbocycles. The van der Waals surface area contributed by atoms with E-state index in [-0.39, 0.29) is 35.5 Å². The Morgan fingerprint density at radius 3 is 2.25 bits per heavy atom. The average molecular weight is 522 g/mol. The van der Waals surface area contributed by atoms with E-state index in [0.717, 1.165) is 38.3 Å². The standard InChI is InChI=1S/C19H37F3N4O.HI/c1-6-23-17(25-13-16(27-5)18(2,3)4)24-10-7-15-8-11-26(12-9-15)14-19(20,21)22;/h15-16H,6-14H2,1-5H3,(H2,23,24,25);1H. The molecule has 1 fully saturated rings. The maximum absolute atomic E-state index is 12.4. The van der Waals surface area contributed by atoms with E-state index in [1.165, 1.54) is 4.90 Å². The second kappa shape index (κ2) is 13.1. The van der Waals surface area contributed by atoms with Gasteiger partial charge >= 0.3 is 6.18 Å². The summed E-state index contributed by atoms with van der Waals surface area (Å²) in [5.74, 6) is 1.23. The molecule has 5 nitrogen and oxygen atoms in total. The Bertz CT molecular complexity index is 447. The van der Waals surface area contributed by atoms with Crippen LogP contribution in [0.25, 0.3) is 0 Å². The van der Waals surface area contributed by atoms with Crippen molar-refractivity contribution in [2.45, 2.75) is 59.2 Å². The monoisotopic (exact) mass is 522 g/mol. The first-order chi connectivity index (χ1) is 12.5. The van der Waals surface area contributed by atoms with Crippen LogP contribution in [0.5, 0.6) is 0 Å². The third-order valence-corrected chi connectivity index (χ3v) is 4.96. The summed E-state index contributed by atoms with van der Waals surface area (Å²) in [4.78, 5) is 6.13. The number of aliphatic imine (C=N–C) groups is 1. The number of alkyl halides is 3. The van der Waals surface area contributed by atoms with Crippen LogP contribution in [0.4, 0.5) is 13.2 Å². The molecular formula is C19H38F3IN4O. The van der Waals surface area contributed by atoms with Crippen molar-refractivity contribution < 1.29 is 17.9 Å². The fraction of sp³-hybridized carbons (Fsp3) is 0.947. The lowest BCUT2D eigenvalue weighted by atomic mass is 9.89. The predicted octanol–water partition coefficient (Wildman–Crippen LogP) is 3.89. The van der Waals surface area contributed by atoms with E-state index in [1.807, 2.05) is 6.92 Å². The number of rotatable bonds is 8. The van der Waals surface area contributed by atoms with Crippen LogP contribution in [-0.2, 0) is 4.74 Å². The number of hydrogen-bond acceptors (Lipinski definition) is 3. The third-order valence-electron chi connectivity index (χ3n) is 4.96. The normalized spacial score (nSPS) is 18.5. The Morgan fingerprint density at radius 2 is 1.79 bits per heavy atom. The minimum absolute atomic E-state index is 0. The van der Waals surface area contributed by atoms with Crippen LogP contribution in [0, 0.1) is 11.3 Å². The number of likely N-dealkylation sites (tertiary alicyclic amines) is 1. The van der Waals surface area contributed by atoms with Gasteiger partial charge in [-0.25, -0.2) is 0 Å². The minimum atomic E-state index is -4.10. The van der Waals surface area contributed by atoms with Crippen molar-refractivity contribution in [3.63, 3.8) is 0 Å². The fourth-order valence-electron chi connectivity index (χ4n) is 3.30. The van der Waals surface area contributed by atoms with Crippen LogP contribution in [0.15, 0.2) is 4.99 Å². The van der Waals surface area contributed by atoms with Crippen molar-refractivity contribution in [3.05, 3.63) is 0 Å². The van der Waals surface area contributed by atoms with Crippen LogP contribution >= 0.6 is 24.0 Å². The molecule has 0 radical (unpaired) electrons. The number of nitrogens with zero attached hydrogens (tertiary/aromatic N) is 2. The lowest BCUT2D eigenvalue weighted by Crippen LogP contribution is -2.42. The molecule has 1 rings (SSSR count). The van der Waals surface area contributed by atoms with Gasteiger partial charge in [0, 0.05) is 20.2 Å². The van der Waals surface area contributed by atoms with E-state index >= 15 is 0 Å². The quantitative estimate of drug-likeness (QED) is 0.289. The lowest BCUT2D eigenvalue weighted by molar-refractivity contribution is -0.148. The van der Waals surface area contributed by atoms with E-state index in [1.54, 1.807) is 7.11 Å². The third kappa shape index (κ3) is 11.6. The van der Waals surface area contributed by atoms with E-state index in [0.29, 0.717) is 25.6 Å². The van der Waals surface area contributed by atoms with Gasteiger partial charge in [0.1, 0.15) is 0 Å². The zero-order valence-electron chi connectivity index (χ0n) is 17.9. The van der Waals surface area contributed by atoms with Crippen molar-refractivity contribution in [1.82, 2.24) is 15.5 Å². The van der Waals surface area contributed by atoms with Crippen LogP contribution in [-0.4, -0.2) is 69.5 Å². The summed E-state index contributed by atoms with van der Waals surface area (Å²) >= 11 is 0. The summed E-state index contributed by atoms with van der Waals surface area (Å²) in [6, 6.07) is 0. The second-order valence-corrected chi connectivity index (χ2v) is 8.36. The number of nitrogens with one attached hydrogen (secondary N) is 2. The molecule has 28 heavy (non-hydrogen) atoms. The Labute approximate surface area is 185 Å². The smallest absolute Gasteiger partial charge is 0.379 e. The number of halogens is 4. The van der Waals surface area contributed by atoms with Crippen LogP contribution in [0.2, 0.25) is 0 Å². The Hall–Kier alpha value is -0.290. The molecule has 0 amide bonds. The van der Waals surface area contributed by atoms with Crippen molar-refractivity contribution in [1.29, 1.82) is 0 Å². The number of methoxy groups -OCH3 is 1. The van der Waals surface area contributed by atoms with Gasteiger partial charge in [-0.05, 0) is 50.6 Å². The summed E-state index contributed by atoms with van der Waals surface area (Å²) in [6.45, 7) is 10.8. The highest BCUT2D eigenvalue weighted by molar-refractivity contribution is 14.0. The highest BCUT2D eigenvalue weighted by Crippen LogP contribution is 2.24. The molecule has 0 bridgehead atoms. The first-order valence-electron chi connectivity index (χ1n) is 9.89. The largest absolute Gasteiger partial charge is 0.401 e. The van der Waals surface area contributed by atoms with Gasteiger partial charge in [-0.3, -0.25) is 9.89 Å². The molecule has 1 atom stereocenters. The van der Waals surface area contributed by atoms with Gasteiger partial charge in [0.2, 0.25) is 0 Å². The SMILES string of the molecule is CCNC(=NCC(OC)C(C)(C)C)NCCC1CCN(CC(F)(F)F)CC1.I. The maximum atomic E-state index is 12.4. The summed E-state index contributed by atoms with van der Waals surface area (Å²) in [5.41, 5.74) is 0.0139.